The maximum atomic E-state index is 13.5. The molecule has 1 heterocycles. The van der Waals surface area contributed by atoms with Crippen LogP contribution in [0.2, 0.25) is 0 Å². The summed E-state index contributed by atoms with van der Waals surface area (Å²) in [6.45, 7) is 3.88. The summed E-state index contributed by atoms with van der Waals surface area (Å²) < 4.78 is 39.3. The molecule has 1 aliphatic rings. The van der Waals surface area contributed by atoms with Crippen molar-refractivity contribution in [3.8, 4) is 5.75 Å². The molecule has 8 heteroatoms. The number of carbonyl (C=O) groups excluding carboxylic acids is 1. The van der Waals surface area contributed by atoms with E-state index in [4.69, 9.17) is 9.47 Å². The lowest BCUT2D eigenvalue weighted by atomic mass is 10.1. The van der Waals surface area contributed by atoms with Gasteiger partial charge in [0.25, 0.3) is 10.0 Å². The molecule has 0 N–H and O–H groups in total. The van der Waals surface area contributed by atoms with Crippen LogP contribution >= 0.6 is 0 Å². The highest BCUT2D eigenvalue weighted by molar-refractivity contribution is 7.89. The number of nitrogens with zero attached hydrogens (tertiary/aromatic N) is 2. The molecule has 7 nitrogen and oxygen atoms in total. The fraction of sp³-hybridized carbons (Fsp3) is 0.154. The fourth-order valence-corrected chi connectivity index (χ4v) is 4.68. The Kier molecular flexibility index (Phi) is 6.51. The monoisotopic (exact) mass is 476 g/mol. The highest BCUT2D eigenvalue weighted by atomic mass is 32.2. The Morgan fingerprint density at radius 1 is 0.971 bits per heavy atom. The van der Waals surface area contributed by atoms with E-state index in [0.717, 1.165) is 15.4 Å². The van der Waals surface area contributed by atoms with Crippen molar-refractivity contribution >= 4 is 27.9 Å². The standard InChI is InChI=1S/C26H24N2O5S/c1-4-32-26(29)20-13-11-19(12-14-20)24(25-27-17-21-7-5-6-8-23(21)33-25)28(3)34(30,31)22-15-9-18(2)10-16-22/h5-17H,4H2,1-3H3/b25-24+. The number of para-hydroxylation sites is 1. The van der Waals surface area contributed by atoms with E-state index in [1.807, 2.05) is 25.1 Å². The number of hydrogen-bond acceptors (Lipinski definition) is 6. The number of hydrogen-bond donors (Lipinski definition) is 0. The third-order valence-corrected chi connectivity index (χ3v) is 7.08. The highest BCUT2D eigenvalue weighted by Gasteiger charge is 2.29. The lowest BCUT2D eigenvalue weighted by molar-refractivity contribution is 0.0526. The summed E-state index contributed by atoms with van der Waals surface area (Å²) in [7, 11) is -2.48. The molecule has 0 unspecified atom stereocenters. The Balaban J connectivity index is 1.82. The summed E-state index contributed by atoms with van der Waals surface area (Å²) in [6.07, 6.45) is 1.63. The summed E-state index contributed by atoms with van der Waals surface area (Å²) in [5.74, 6) is 0.236. The second kappa shape index (κ2) is 9.52. The number of ether oxygens (including phenoxy) is 2. The van der Waals surface area contributed by atoms with Gasteiger partial charge in [0.05, 0.1) is 17.1 Å². The van der Waals surface area contributed by atoms with Gasteiger partial charge in [0.15, 0.2) is 0 Å². The first-order valence-electron chi connectivity index (χ1n) is 10.7. The van der Waals surface area contributed by atoms with E-state index in [9.17, 15) is 13.2 Å². The lowest BCUT2D eigenvalue weighted by Crippen LogP contribution is -2.28. The molecule has 0 bridgehead atoms. The summed E-state index contributed by atoms with van der Waals surface area (Å²) in [4.78, 5) is 16.6. The second-order valence-corrected chi connectivity index (χ2v) is 9.60. The molecule has 3 aromatic rings. The van der Waals surface area contributed by atoms with Gasteiger partial charge in [0, 0.05) is 24.4 Å². The molecule has 174 valence electrons. The SMILES string of the molecule is CCOC(=O)c1ccc(/C(=C2/N=Cc3ccccc3O2)N(C)S(=O)(=O)c2ccc(C)cc2)cc1. The van der Waals surface area contributed by atoms with Gasteiger partial charge < -0.3 is 9.47 Å². The van der Waals surface area contributed by atoms with Gasteiger partial charge in [-0.15, -0.1) is 0 Å². The van der Waals surface area contributed by atoms with Gasteiger partial charge >= 0.3 is 5.97 Å². The molecule has 0 saturated heterocycles. The smallest absolute Gasteiger partial charge is 0.338 e. The zero-order chi connectivity index (χ0) is 24.3. The summed E-state index contributed by atoms with van der Waals surface area (Å²) in [5, 5.41) is 0. The molecule has 34 heavy (non-hydrogen) atoms. The zero-order valence-electron chi connectivity index (χ0n) is 19.1. The van der Waals surface area contributed by atoms with Crippen molar-refractivity contribution in [3.63, 3.8) is 0 Å². The molecule has 0 amide bonds. The van der Waals surface area contributed by atoms with E-state index < -0.39 is 16.0 Å². The van der Waals surface area contributed by atoms with Crippen LogP contribution in [-0.4, -0.2) is 38.6 Å². The molecule has 1 aliphatic heterocycles. The number of aryl methyl sites for hydroxylation is 1. The topological polar surface area (TPSA) is 85.3 Å². The molecule has 4 rings (SSSR count). The van der Waals surface area contributed by atoms with Crippen molar-refractivity contribution in [2.24, 2.45) is 4.99 Å². The first-order chi connectivity index (χ1) is 16.3. The summed E-state index contributed by atoms with van der Waals surface area (Å²) in [5.41, 5.74) is 2.84. The normalized spacial score (nSPS) is 14.1. The van der Waals surface area contributed by atoms with Crippen LogP contribution in [-0.2, 0) is 14.8 Å². The predicted molar refractivity (Wildman–Crippen MR) is 130 cm³/mol. The molecule has 0 spiro atoms. The van der Waals surface area contributed by atoms with Crippen molar-refractivity contribution < 1.29 is 22.7 Å². The molecule has 0 aromatic heterocycles. The molecule has 0 fully saturated rings. The van der Waals surface area contributed by atoms with Crippen LogP contribution in [0, 0.1) is 6.92 Å². The van der Waals surface area contributed by atoms with Crippen molar-refractivity contribution in [2.45, 2.75) is 18.7 Å². The van der Waals surface area contributed by atoms with Gasteiger partial charge in [0.1, 0.15) is 11.4 Å². The van der Waals surface area contributed by atoms with E-state index in [-0.39, 0.29) is 23.1 Å². The van der Waals surface area contributed by atoms with Gasteiger partial charge in [0.2, 0.25) is 5.88 Å². The van der Waals surface area contributed by atoms with Crippen LogP contribution < -0.4 is 4.74 Å². The summed E-state index contributed by atoms with van der Waals surface area (Å²) in [6, 6.07) is 20.4. The predicted octanol–water partition coefficient (Wildman–Crippen LogP) is 4.63. The average Bonchev–Trinajstić information content (AvgIpc) is 2.85. The molecular formula is C26H24N2O5S. The largest absolute Gasteiger partial charge is 0.462 e. The first kappa shape index (κ1) is 23.3. The Hall–Kier alpha value is -3.91. The molecule has 0 aliphatic carbocycles. The minimum atomic E-state index is -3.93. The van der Waals surface area contributed by atoms with E-state index in [1.54, 1.807) is 67.7 Å². The maximum absolute atomic E-state index is 13.5. The van der Waals surface area contributed by atoms with Crippen LogP contribution in [0.5, 0.6) is 5.75 Å². The molecule has 0 atom stereocenters. The minimum absolute atomic E-state index is 0.126. The lowest BCUT2D eigenvalue weighted by Gasteiger charge is -2.26. The van der Waals surface area contributed by atoms with E-state index in [1.165, 1.54) is 7.05 Å². The number of esters is 1. The number of aliphatic imine (C=N–C) groups is 1. The minimum Gasteiger partial charge on any atom is -0.462 e. The van der Waals surface area contributed by atoms with E-state index in [0.29, 0.717) is 16.9 Å². The molecule has 0 radical (unpaired) electrons. The van der Waals surface area contributed by atoms with Crippen LogP contribution in [0.15, 0.2) is 88.6 Å². The highest BCUT2D eigenvalue weighted by Crippen LogP contribution is 2.33. The Labute approximate surface area is 199 Å². The second-order valence-electron chi connectivity index (χ2n) is 7.64. The van der Waals surface area contributed by atoms with Gasteiger partial charge in [-0.1, -0.05) is 42.0 Å². The van der Waals surface area contributed by atoms with Crippen molar-refractivity contribution in [3.05, 3.63) is 101 Å². The quantitative estimate of drug-likeness (QED) is 0.484. The van der Waals surface area contributed by atoms with Crippen molar-refractivity contribution in [1.29, 1.82) is 0 Å². The summed E-state index contributed by atoms with van der Waals surface area (Å²) >= 11 is 0. The first-order valence-corrected chi connectivity index (χ1v) is 12.1. The van der Waals surface area contributed by atoms with Crippen LogP contribution in [0.1, 0.15) is 34.0 Å². The number of carbonyl (C=O) groups is 1. The van der Waals surface area contributed by atoms with Gasteiger partial charge in [-0.2, -0.15) is 0 Å². The third-order valence-electron chi connectivity index (χ3n) is 5.31. The number of sulfonamides is 1. The van der Waals surface area contributed by atoms with Crippen LogP contribution in [0.4, 0.5) is 0 Å². The van der Waals surface area contributed by atoms with Gasteiger partial charge in [-0.3, -0.25) is 4.31 Å². The molecule has 0 saturated carbocycles. The number of fused-ring (bicyclic) bond motifs is 1. The Morgan fingerprint density at radius 2 is 1.62 bits per heavy atom. The van der Waals surface area contributed by atoms with Crippen molar-refractivity contribution in [1.82, 2.24) is 4.31 Å². The van der Waals surface area contributed by atoms with Crippen LogP contribution in [0.25, 0.3) is 5.70 Å². The number of rotatable bonds is 6. The van der Waals surface area contributed by atoms with Crippen LogP contribution in [0.3, 0.4) is 0 Å². The molecule has 3 aromatic carbocycles. The Morgan fingerprint density at radius 3 is 2.29 bits per heavy atom. The maximum Gasteiger partial charge on any atom is 0.338 e. The average molecular weight is 477 g/mol. The van der Waals surface area contributed by atoms with E-state index in [2.05, 4.69) is 4.99 Å². The fourth-order valence-electron chi connectivity index (χ4n) is 3.46. The van der Waals surface area contributed by atoms with E-state index >= 15 is 0 Å². The zero-order valence-corrected chi connectivity index (χ0v) is 19.9. The third kappa shape index (κ3) is 4.58. The van der Waals surface area contributed by atoms with Gasteiger partial charge in [-0.25, -0.2) is 18.2 Å². The molecular weight excluding hydrogens is 452 g/mol. The van der Waals surface area contributed by atoms with Crippen molar-refractivity contribution in [2.75, 3.05) is 13.7 Å². The van der Waals surface area contributed by atoms with Gasteiger partial charge in [-0.05, 0) is 50.2 Å². The number of benzene rings is 3. The Bertz CT molecular complexity index is 1380.